The van der Waals surface area contributed by atoms with Gasteiger partial charge in [0.2, 0.25) is 5.91 Å². The van der Waals surface area contributed by atoms with Crippen molar-refractivity contribution in [3.63, 3.8) is 0 Å². The first kappa shape index (κ1) is 23.4. The summed E-state index contributed by atoms with van der Waals surface area (Å²) < 4.78 is 0. The highest BCUT2D eigenvalue weighted by Gasteiger charge is 2.26. The molecule has 26 heavy (non-hydrogen) atoms. The summed E-state index contributed by atoms with van der Waals surface area (Å²) in [5.41, 5.74) is 14.9. The van der Waals surface area contributed by atoms with E-state index >= 15 is 0 Å². The van der Waals surface area contributed by atoms with Crippen molar-refractivity contribution in [3.05, 3.63) is 0 Å². The average Bonchev–Trinajstić information content (AvgIpc) is 2.54. The second-order valence-corrected chi connectivity index (χ2v) is 5.60. The predicted octanol–water partition coefficient (Wildman–Crippen LogP) is -4.37. The molecule has 148 valence electrons. The number of hydrogen-bond acceptors (Lipinski definition) is 8. The van der Waals surface area contributed by atoms with Gasteiger partial charge in [0.05, 0.1) is 25.2 Å². The molecule has 0 fully saturated rings. The van der Waals surface area contributed by atoms with Crippen LogP contribution in [-0.2, 0) is 14.4 Å². The number of rotatable bonds is 9. The molecule has 4 atom stereocenters. The van der Waals surface area contributed by atoms with E-state index in [0.29, 0.717) is 0 Å². The molecule has 0 aliphatic carbocycles. The van der Waals surface area contributed by atoms with Crippen LogP contribution in [0.15, 0.2) is 0 Å². The molecular formula is C12H22N6O7S. The number of carbonyl (C=O) groups excluding carboxylic acids is 3. The Bertz CT molecular complexity index is 558. The van der Waals surface area contributed by atoms with Gasteiger partial charge in [0.15, 0.2) is 6.04 Å². The monoisotopic (exact) mass is 394 g/mol. The van der Waals surface area contributed by atoms with Gasteiger partial charge in [0.25, 0.3) is 5.91 Å². The van der Waals surface area contributed by atoms with Crippen LogP contribution in [0.5, 0.6) is 0 Å². The number of carboxylic acids is 1. The minimum absolute atomic E-state index is 0.109. The summed E-state index contributed by atoms with van der Waals surface area (Å²) in [5, 5.41) is 30.8. The van der Waals surface area contributed by atoms with Crippen LogP contribution in [0.4, 0.5) is 4.79 Å². The maximum Gasteiger partial charge on any atom is 0.328 e. The van der Waals surface area contributed by atoms with E-state index in [9.17, 15) is 24.3 Å². The number of aliphatic hydroxyl groups is 2. The molecule has 14 heteroatoms. The lowest BCUT2D eigenvalue weighted by Crippen LogP contribution is -2.59. The lowest BCUT2D eigenvalue weighted by atomic mass is 10.2. The maximum atomic E-state index is 12.0. The number of primary amides is 1. The molecule has 0 bridgehead atoms. The summed E-state index contributed by atoms with van der Waals surface area (Å²) in [6, 6.07) is -5.19. The van der Waals surface area contributed by atoms with Gasteiger partial charge in [-0.25, -0.2) is 9.59 Å². The number of carbonyl (C=O) groups is 4. The van der Waals surface area contributed by atoms with Crippen LogP contribution in [0.1, 0.15) is 13.3 Å². The number of hydrogen-bond donors (Lipinski definition) is 9. The fraction of sp³-hybridized carbons (Fsp3) is 0.583. The Labute approximate surface area is 153 Å². The molecule has 0 spiro atoms. The Kier molecular flexibility index (Phi) is 10.0. The van der Waals surface area contributed by atoms with Gasteiger partial charge < -0.3 is 37.4 Å². The minimum Gasteiger partial charge on any atom is -0.480 e. The summed E-state index contributed by atoms with van der Waals surface area (Å²) in [5.74, 6) is -3.36. The normalized spacial score (nSPS) is 14.9. The van der Waals surface area contributed by atoms with Crippen LogP contribution in [0, 0.1) is 0 Å². The van der Waals surface area contributed by atoms with Crippen molar-refractivity contribution in [1.82, 2.24) is 21.5 Å². The zero-order chi connectivity index (χ0) is 20.4. The van der Waals surface area contributed by atoms with Crippen LogP contribution in [-0.4, -0.2) is 75.0 Å². The highest BCUT2D eigenvalue weighted by atomic mass is 32.1. The van der Waals surface area contributed by atoms with E-state index in [1.807, 2.05) is 10.6 Å². The molecule has 0 radical (unpaired) electrons. The summed E-state index contributed by atoms with van der Waals surface area (Å²) in [6.45, 7) is 0.491. The molecule has 0 rings (SSSR count). The lowest BCUT2D eigenvalue weighted by Gasteiger charge is -2.21. The Balaban J connectivity index is 4.84. The summed E-state index contributed by atoms with van der Waals surface area (Å²) in [4.78, 5) is 45.5. The fourth-order valence-corrected chi connectivity index (χ4v) is 1.71. The molecule has 0 aromatic heterocycles. The summed E-state index contributed by atoms with van der Waals surface area (Å²) in [6.07, 6.45) is -1.60. The number of carboxylic acid groups (broad SMARTS) is 1. The number of urea groups is 1. The minimum atomic E-state index is -1.61. The number of nitrogens with one attached hydrogen (secondary N) is 4. The average molecular weight is 394 g/mol. The Morgan fingerprint density at radius 3 is 2.08 bits per heavy atom. The van der Waals surface area contributed by atoms with Crippen molar-refractivity contribution in [1.29, 1.82) is 0 Å². The molecule has 0 saturated carbocycles. The summed E-state index contributed by atoms with van der Waals surface area (Å²) >= 11 is 4.84. The second-order valence-electron chi connectivity index (χ2n) is 5.16. The van der Waals surface area contributed by atoms with Crippen LogP contribution in [0.2, 0.25) is 0 Å². The molecule has 4 amide bonds. The van der Waals surface area contributed by atoms with Gasteiger partial charge >= 0.3 is 12.0 Å². The molecule has 0 aromatic carbocycles. The van der Waals surface area contributed by atoms with E-state index < -0.39 is 61.1 Å². The molecule has 0 heterocycles. The van der Waals surface area contributed by atoms with Crippen molar-refractivity contribution in [2.75, 3.05) is 6.61 Å². The third-order valence-electron chi connectivity index (χ3n) is 2.94. The Hall–Kier alpha value is -2.55. The number of aliphatic carboxylic acids is 1. The smallest absolute Gasteiger partial charge is 0.328 e. The van der Waals surface area contributed by atoms with Gasteiger partial charge in [-0.3, -0.25) is 20.4 Å². The number of aliphatic hydroxyl groups excluding tert-OH is 2. The first-order valence-electron chi connectivity index (χ1n) is 7.21. The van der Waals surface area contributed by atoms with Crippen molar-refractivity contribution in [2.24, 2.45) is 11.5 Å². The van der Waals surface area contributed by atoms with Crippen LogP contribution in [0.3, 0.4) is 0 Å². The van der Waals surface area contributed by atoms with Crippen molar-refractivity contribution in [2.45, 2.75) is 37.6 Å². The SMILES string of the molecule is CC(O)C(N)C(=S)NNC(=O)C(CC(N)=O)NC(=O)NC(CO)C(=O)O. The quantitative estimate of drug-likeness (QED) is 0.135. The Morgan fingerprint density at radius 2 is 1.65 bits per heavy atom. The Morgan fingerprint density at radius 1 is 1.12 bits per heavy atom. The van der Waals surface area contributed by atoms with Gasteiger partial charge in [-0.15, -0.1) is 0 Å². The zero-order valence-electron chi connectivity index (χ0n) is 13.8. The van der Waals surface area contributed by atoms with E-state index in [2.05, 4.69) is 10.9 Å². The fourth-order valence-electron chi connectivity index (χ4n) is 1.47. The zero-order valence-corrected chi connectivity index (χ0v) is 14.6. The van der Waals surface area contributed by atoms with Crippen LogP contribution >= 0.6 is 12.2 Å². The molecule has 0 aromatic rings. The van der Waals surface area contributed by atoms with Gasteiger partial charge in [-0.1, -0.05) is 12.2 Å². The maximum absolute atomic E-state index is 12.0. The third kappa shape index (κ3) is 8.52. The highest BCUT2D eigenvalue weighted by Crippen LogP contribution is 1.94. The first-order chi connectivity index (χ1) is 12.0. The highest BCUT2D eigenvalue weighted by molar-refractivity contribution is 7.80. The van der Waals surface area contributed by atoms with E-state index in [1.165, 1.54) is 6.92 Å². The van der Waals surface area contributed by atoms with Crippen molar-refractivity contribution >= 4 is 41.0 Å². The lowest BCUT2D eigenvalue weighted by molar-refractivity contribution is -0.140. The van der Waals surface area contributed by atoms with Crippen molar-refractivity contribution in [3.8, 4) is 0 Å². The van der Waals surface area contributed by atoms with Gasteiger partial charge in [-0.2, -0.15) is 0 Å². The van der Waals surface area contributed by atoms with Gasteiger partial charge in [-0.05, 0) is 6.92 Å². The van der Waals surface area contributed by atoms with E-state index in [0.717, 1.165) is 0 Å². The molecular weight excluding hydrogens is 372 g/mol. The van der Waals surface area contributed by atoms with E-state index in [-0.39, 0.29) is 4.99 Å². The largest absolute Gasteiger partial charge is 0.480 e. The third-order valence-corrected chi connectivity index (χ3v) is 3.32. The number of hydrazine groups is 1. The number of amides is 4. The molecule has 4 unspecified atom stereocenters. The van der Waals surface area contributed by atoms with E-state index in [1.54, 1.807) is 0 Å². The van der Waals surface area contributed by atoms with Crippen LogP contribution in [0.25, 0.3) is 0 Å². The second kappa shape index (κ2) is 11.1. The molecule has 0 aliphatic heterocycles. The van der Waals surface area contributed by atoms with Gasteiger partial charge in [0, 0.05) is 0 Å². The van der Waals surface area contributed by atoms with Crippen LogP contribution < -0.4 is 33.0 Å². The number of nitrogens with two attached hydrogens (primary N) is 2. The molecule has 0 saturated heterocycles. The molecule has 13 nitrogen and oxygen atoms in total. The standard InChI is InChI=1S/C12H22N6O7S/c1-4(20)8(14)10(26)18-17-9(22)5(2-7(13)21)15-12(25)16-6(3-19)11(23)24/h4-6,8,19-20H,2-3,14H2,1H3,(H2,13,21)(H,17,22)(H,18,26)(H,23,24)(H2,15,16,25). The van der Waals surface area contributed by atoms with E-state index in [4.69, 9.17) is 33.9 Å². The molecule has 11 N–H and O–H groups in total. The van der Waals surface area contributed by atoms with Crippen molar-refractivity contribution < 1.29 is 34.5 Å². The van der Waals surface area contributed by atoms with Gasteiger partial charge in [0.1, 0.15) is 11.0 Å². The topological polar surface area (TPSA) is 229 Å². The number of thiocarbonyl (C=S) groups is 1. The predicted molar refractivity (Wildman–Crippen MR) is 91.3 cm³/mol. The first-order valence-corrected chi connectivity index (χ1v) is 7.62. The summed E-state index contributed by atoms with van der Waals surface area (Å²) in [7, 11) is 0. The molecule has 0 aliphatic rings.